The molecule has 0 aliphatic rings. The molecule has 152 valence electrons. The molecule has 0 radical (unpaired) electrons. The van der Waals surface area contributed by atoms with E-state index in [0.29, 0.717) is 22.1 Å². The molecule has 1 amide bonds. The molecule has 0 fully saturated rings. The fourth-order valence-electron chi connectivity index (χ4n) is 3.39. The van der Waals surface area contributed by atoms with Crippen LogP contribution >= 0.6 is 11.6 Å². The van der Waals surface area contributed by atoms with Crippen LogP contribution in [0.15, 0.2) is 79.4 Å². The number of imidazole rings is 1. The van der Waals surface area contributed by atoms with E-state index in [1.807, 2.05) is 66.2 Å². The van der Waals surface area contributed by atoms with Gasteiger partial charge < -0.3 is 5.32 Å². The average molecular weight is 429 g/mol. The zero-order valence-electron chi connectivity index (χ0n) is 16.5. The highest BCUT2D eigenvalue weighted by Crippen LogP contribution is 2.22. The predicted molar refractivity (Wildman–Crippen MR) is 120 cm³/mol. The molecule has 0 aliphatic carbocycles. The lowest BCUT2D eigenvalue weighted by Crippen LogP contribution is -2.13. The summed E-state index contributed by atoms with van der Waals surface area (Å²) in [6, 6.07) is 16.7. The van der Waals surface area contributed by atoms with E-state index >= 15 is 0 Å². The van der Waals surface area contributed by atoms with Crippen molar-refractivity contribution in [1.82, 2.24) is 24.1 Å². The third-order valence-corrected chi connectivity index (χ3v) is 5.22. The minimum absolute atomic E-state index is 0.226. The Labute approximate surface area is 183 Å². The van der Waals surface area contributed by atoms with Crippen LogP contribution in [0.3, 0.4) is 0 Å². The summed E-state index contributed by atoms with van der Waals surface area (Å²) >= 11 is 6.07. The molecule has 0 aliphatic heterocycles. The van der Waals surface area contributed by atoms with Crippen molar-refractivity contribution in [3.63, 3.8) is 0 Å². The SMILES string of the molecule is Cc1c(C(=O)Nc2ccc(-c3cn4cccnc4n3)cc2)cnn1-c1cccc(Cl)c1. The van der Waals surface area contributed by atoms with Crippen LogP contribution in [0.5, 0.6) is 0 Å². The Bertz CT molecular complexity index is 1370. The number of carbonyl (C=O) groups excluding carboxylic acids is 1. The van der Waals surface area contributed by atoms with Gasteiger partial charge in [0.25, 0.3) is 5.91 Å². The average Bonchev–Trinajstić information content (AvgIpc) is 3.38. The molecule has 3 heterocycles. The molecule has 3 aromatic heterocycles. The van der Waals surface area contributed by atoms with Gasteiger partial charge in [0.15, 0.2) is 0 Å². The maximum atomic E-state index is 12.8. The Balaban J connectivity index is 1.35. The van der Waals surface area contributed by atoms with Gasteiger partial charge in [-0.2, -0.15) is 5.10 Å². The molecule has 0 saturated heterocycles. The van der Waals surface area contributed by atoms with Crippen molar-refractivity contribution >= 4 is 29.0 Å². The number of carbonyl (C=O) groups is 1. The van der Waals surface area contributed by atoms with Gasteiger partial charge in [0, 0.05) is 34.9 Å². The predicted octanol–water partition coefficient (Wildman–Crippen LogP) is 4.80. The molecule has 7 nitrogen and oxygen atoms in total. The lowest BCUT2D eigenvalue weighted by atomic mass is 10.1. The van der Waals surface area contributed by atoms with Gasteiger partial charge >= 0.3 is 0 Å². The zero-order valence-corrected chi connectivity index (χ0v) is 17.3. The molecule has 2 aromatic carbocycles. The van der Waals surface area contributed by atoms with Gasteiger partial charge in [-0.25, -0.2) is 14.6 Å². The van der Waals surface area contributed by atoms with Gasteiger partial charge in [-0.15, -0.1) is 0 Å². The Morgan fingerprint density at radius 1 is 1.10 bits per heavy atom. The standard InChI is InChI=1S/C23H17ClN6O/c1-15-20(13-26-30(15)19-5-2-4-17(24)12-19)22(31)27-18-8-6-16(7-9-18)21-14-29-11-3-10-25-23(29)28-21/h2-14H,1H3,(H,27,31). The van der Waals surface area contributed by atoms with E-state index in [1.54, 1.807) is 29.2 Å². The van der Waals surface area contributed by atoms with Gasteiger partial charge in [0.05, 0.1) is 28.8 Å². The van der Waals surface area contributed by atoms with Crippen LogP contribution in [-0.2, 0) is 0 Å². The van der Waals surface area contributed by atoms with Gasteiger partial charge in [0.1, 0.15) is 0 Å². The van der Waals surface area contributed by atoms with Crippen molar-refractivity contribution in [2.24, 2.45) is 0 Å². The van der Waals surface area contributed by atoms with Crippen molar-refractivity contribution in [3.8, 4) is 16.9 Å². The summed E-state index contributed by atoms with van der Waals surface area (Å²) in [5.41, 5.74) is 4.47. The first-order valence-corrected chi connectivity index (χ1v) is 9.98. The number of aromatic nitrogens is 5. The second-order valence-corrected chi connectivity index (χ2v) is 7.46. The molecule has 0 atom stereocenters. The summed E-state index contributed by atoms with van der Waals surface area (Å²) in [4.78, 5) is 21.6. The van der Waals surface area contributed by atoms with E-state index in [9.17, 15) is 4.79 Å². The third-order valence-electron chi connectivity index (χ3n) is 4.98. The molecule has 0 spiro atoms. The van der Waals surface area contributed by atoms with Crippen LogP contribution in [0.1, 0.15) is 16.1 Å². The molecule has 8 heteroatoms. The summed E-state index contributed by atoms with van der Waals surface area (Å²) in [6.45, 7) is 1.85. The summed E-state index contributed by atoms with van der Waals surface area (Å²) in [5, 5.41) is 7.88. The third kappa shape index (κ3) is 3.67. The summed E-state index contributed by atoms with van der Waals surface area (Å²) in [6.07, 6.45) is 7.09. The zero-order chi connectivity index (χ0) is 21.4. The van der Waals surface area contributed by atoms with E-state index in [0.717, 1.165) is 22.6 Å². The van der Waals surface area contributed by atoms with Crippen LogP contribution < -0.4 is 5.32 Å². The van der Waals surface area contributed by atoms with E-state index in [4.69, 9.17) is 11.6 Å². The van der Waals surface area contributed by atoms with Gasteiger partial charge in [-0.3, -0.25) is 9.20 Å². The highest BCUT2D eigenvalue weighted by molar-refractivity contribution is 6.30. The first kappa shape index (κ1) is 19.0. The smallest absolute Gasteiger partial charge is 0.259 e. The minimum atomic E-state index is -0.226. The van der Waals surface area contributed by atoms with E-state index in [1.165, 1.54) is 0 Å². The Hall–Kier alpha value is -3.97. The summed E-state index contributed by atoms with van der Waals surface area (Å²) in [7, 11) is 0. The monoisotopic (exact) mass is 428 g/mol. The number of benzene rings is 2. The minimum Gasteiger partial charge on any atom is -0.322 e. The van der Waals surface area contributed by atoms with Crippen molar-refractivity contribution < 1.29 is 4.79 Å². The summed E-state index contributed by atoms with van der Waals surface area (Å²) < 4.78 is 3.56. The van der Waals surface area contributed by atoms with Crippen LogP contribution in [0.2, 0.25) is 5.02 Å². The molecule has 0 unspecified atom stereocenters. The highest BCUT2D eigenvalue weighted by Gasteiger charge is 2.16. The fraction of sp³-hybridized carbons (Fsp3) is 0.0435. The van der Waals surface area contributed by atoms with Crippen molar-refractivity contribution in [1.29, 1.82) is 0 Å². The van der Waals surface area contributed by atoms with Crippen LogP contribution in [0.25, 0.3) is 22.7 Å². The Morgan fingerprint density at radius 2 is 1.94 bits per heavy atom. The number of halogens is 1. The molecule has 31 heavy (non-hydrogen) atoms. The van der Waals surface area contributed by atoms with Gasteiger partial charge in [0.2, 0.25) is 5.78 Å². The molecular weight excluding hydrogens is 412 g/mol. The largest absolute Gasteiger partial charge is 0.322 e. The maximum Gasteiger partial charge on any atom is 0.259 e. The highest BCUT2D eigenvalue weighted by atomic mass is 35.5. The van der Waals surface area contributed by atoms with Gasteiger partial charge in [-0.05, 0) is 43.3 Å². The Morgan fingerprint density at radius 3 is 2.71 bits per heavy atom. The van der Waals surface area contributed by atoms with E-state index < -0.39 is 0 Å². The van der Waals surface area contributed by atoms with E-state index in [2.05, 4.69) is 20.4 Å². The second-order valence-electron chi connectivity index (χ2n) is 7.02. The van der Waals surface area contributed by atoms with Crippen LogP contribution in [0.4, 0.5) is 5.69 Å². The van der Waals surface area contributed by atoms with Crippen LogP contribution in [0, 0.1) is 6.92 Å². The number of anilines is 1. The number of nitrogens with one attached hydrogen (secondary N) is 1. The second kappa shape index (κ2) is 7.70. The van der Waals surface area contributed by atoms with Crippen molar-refractivity contribution in [2.45, 2.75) is 6.92 Å². The van der Waals surface area contributed by atoms with Crippen molar-refractivity contribution in [3.05, 3.63) is 95.7 Å². The topological polar surface area (TPSA) is 77.1 Å². The van der Waals surface area contributed by atoms with E-state index in [-0.39, 0.29) is 5.91 Å². The lowest BCUT2D eigenvalue weighted by molar-refractivity contribution is 0.102. The van der Waals surface area contributed by atoms with Crippen molar-refractivity contribution in [2.75, 3.05) is 5.32 Å². The van der Waals surface area contributed by atoms with Gasteiger partial charge in [-0.1, -0.05) is 29.8 Å². The maximum absolute atomic E-state index is 12.8. The molecular formula is C23H17ClN6O. The Kier molecular flexibility index (Phi) is 4.72. The number of hydrogen-bond acceptors (Lipinski definition) is 4. The summed E-state index contributed by atoms with van der Waals surface area (Å²) in [5.74, 6) is 0.414. The molecule has 0 bridgehead atoms. The number of amides is 1. The molecule has 5 aromatic rings. The molecule has 1 N–H and O–H groups in total. The fourth-order valence-corrected chi connectivity index (χ4v) is 3.58. The number of rotatable bonds is 4. The first-order chi connectivity index (χ1) is 15.1. The van der Waals surface area contributed by atoms with Crippen LogP contribution in [-0.4, -0.2) is 30.1 Å². The quantitative estimate of drug-likeness (QED) is 0.446. The number of hydrogen-bond donors (Lipinski definition) is 1. The normalized spacial score (nSPS) is 11.0. The molecule has 0 saturated carbocycles. The first-order valence-electron chi connectivity index (χ1n) is 9.60. The molecule has 5 rings (SSSR count). The number of nitrogens with zero attached hydrogens (tertiary/aromatic N) is 5. The number of fused-ring (bicyclic) bond motifs is 1. The lowest BCUT2D eigenvalue weighted by Gasteiger charge is -2.07.